The minimum atomic E-state index is -1.11. The van der Waals surface area contributed by atoms with Crippen molar-refractivity contribution in [1.82, 2.24) is 0 Å². The third-order valence-corrected chi connectivity index (χ3v) is 2.37. The van der Waals surface area contributed by atoms with Crippen LogP contribution in [0, 0.1) is 6.92 Å². The minimum absolute atomic E-state index is 0.0277. The maximum atomic E-state index is 10.6. The lowest BCUT2D eigenvalue weighted by molar-refractivity contribution is 0.0367. The first-order valence-electron chi connectivity index (χ1n) is 5.18. The van der Waals surface area contributed by atoms with E-state index in [0.717, 1.165) is 13.2 Å². The normalized spacial score (nSPS) is 13.0. The van der Waals surface area contributed by atoms with Gasteiger partial charge in [-0.05, 0) is 31.0 Å². The summed E-state index contributed by atoms with van der Waals surface area (Å²) in [6.07, 6.45) is 1.28. The molecule has 0 amide bonds. The summed E-state index contributed by atoms with van der Waals surface area (Å²) in [6.45, 7) is 3.48. The summed E-state index contributed by atoms with van der Waals surface area (Å²) in [5.74, 6) is -2.22. The maximum absolute atomic E-state index is 10.6. The Bertz CT molecular complexity index is 385. The molecule has 17 heavy (non-hydrogen) atoms. The molecule has 0 aromatic heterocycles. The largest absolute Gasteiger partial charge is 0.478 e. The summed E-state index contributed by atoms with van der Waals surface area (Å²) in [7, 11) is 0. The van der Waals surface area contributed by atoms with Gasteiger partial charge in [0.05, 0.1) is 11.1 Å². The van der Waals surface area contributed by atoms with Gasteiger partial charge in [0, 0.05) is 13.2 Å². The molecule has 0 unspecified atom stereocenters. The summed E-state index contributed by atoms with van der Waals surface area (Å²) >= 11 is 0. The Balaban J connectivity index is 0.000000302. The number of carboxylic acids is 2. The molecule has 1 fully saturated rings. The molecule has 2 N–H and O–H groups in total. The Labute approximate surface area is 98.6 Å². The Kier molecular flexibility index (Phi) is 4.66. The van der Waals surface area contributed by atoms with Crippen LogP contribution in [0.4, 0.5) is 0 Å². The molecule has 92 valence electrons. The number of ether oxygens (including phenoxy) is 1. The topological polar surface area (TPSA) is 83.8 Å². The fourth-order valence-electron chi connectivity index (χ4n) is 1.24. The monoisotopic (exact) mass is 238 g/mol. The van der Waals surface area contributed by atoms with Crippen molar-refractivity contribution in [3.8, 4) is 0 Å². The van der Waals surface area contributed by atoms with Crippen molar-refractivity contribution in [2.24, 2.45) is 0 Å². The van der Waals surface area contributed by atoms with Gasteiger partial charge in [-0.25, -0.2) is 9.59 Å². The van der Waals surface area contributed by atoms with Crippen molar-refractivity contribution in [3.05, 3.63) is 34.9 Å². The predicted octanol–water partition coefficient (Wildman–Crippen LogP) is 1.80. The molecule has 1 aromatic carbocycles. The van der Waals surface area contributed by atoms with E-state index in [2.05, 4.69) is 0 Å². The van der Waals surface area contributed by atoms with Gasteiger partial charge in [0.15, 0.2) is 0 Å². The first-order valence-corrected chi connectivity index (χ1v) is 5.18. The molecule has 2 rings (SSSR count). The van der Waals surface area contributed by atoms with E-state index in [1.165, 1.54) is 31.5 Å². The van der Waals surface area contributed by atoms with E-state index < -0.39 is 11.9 Å². The highest BCUT2D eigenvalue weighted by molar-refractivity contribution is 5.96. The Morgan fingerprint density at radius 3 is 1.71 bits per heavy atom. The Hall–Kier alpha value is -1.88. The van der Waals surface area contributed by atoms with Gasteiger partial charge in [-0.2, -0.15) is 0 Å². The van der Waals surface area contributed by atoms with Crippen molar-refractivity contribution in [1.29, 1.82) is 0 Å². The van der Waals surface area contributed by atoms with E-state index in [-0.39, 0.29) is 16.7 Å². The second-order valence-corrected chi connectivity index (χ2v) is 3.55. The van der Waals surface area contributed by atoms with E-state index in [4.69, 9.17) is 14.9 Å². The second kappa shape index (κ2) is 6.00. The standard InChI is InChI=1S/C9H8O4.C3H6O/c1-5-6(8(10)11)3-2-4-7(5)9(12)13;1-2-4-3-1/h2-4H,1H3,(H,10,11)(H,12,13);1-3H2. The number of aromatic carboxylic acids is 2. The Morgan fingerprint density at radius 2 is 1.47 bits per heavy atom. The molecule has 0 atom stereocenters. The molecule has 1 aliphatic heterocycles. The maximum Gasteiger partial charge on any atom is 0.335 e. The highest BCUT2D eigenvalue weighted by Crippen LogP contribution is 2.13. The molecular formula is C12H14O5. The summed E-state index contributed by atoms with van der Waals surface area (Å²) in [6, 6.07) is 4.17. The van der Waals surface area contributed by atoms with Crippen LogP contribution in [0.2, 0.25) is 0 Å². The third kappa shape index (κ3) is 3.57. The SMILES string of the molecule is C1COC1.Cc1c(C(=O)O)cccc1C(=O)O. The Morgan fingerprint density at radius 1 is 1.12 bits per heavy atom. The molecule has 1 heterocycles. The number of carbonyl (C=O) groups is 2. The molecule has 0 aliphatic carbocycles. The van der Waals surface area contributed by atoms with Gasteiger partial charge in [-0.3, -0.25) is 0 Å². The fraction of sp³-hybridized carbons (Fsp3) is 0.333. The number of hydrogen-bond donors (Lipinski definition) is 2. The lowest BCUT2D eigenvalue weighted by atomic mass is 10.0. The first kappa shape index (κ1) is 13.2. The number of rotatable bonds is 2. The smallest absolute Gasteiger partial charge is 0.335 e. The van der Waals surface area contributed by atoms with Gasteiger partial charge in [-0.1, -0.05) is 6.07 Å². The highest BCUT2D eigenvalue weighted by Gasteiger charge is 2.13. The second-order valence-electron chi connectivity index (χ2n) is 3.55. The molecule has 5 nitrogen and oxygen atoms in total. The molecule has 0 spiro atoms. The van der Waals surface area contributed by atoms with E-state index >= 15 is 0 Å². The van der Waals surface area contributed by atoms with E-state index in [1.54, 1.807) is 0 Å². The van der Waals surface area contributed by atoms with Gasteiger partial charge in [0.2, 0.25) is 0 Å². The molecule has 0 bridgehead atoms. The van der Waals surface area contributed by atoms with E-state index in [1.807, 2.05) is 0 Å². The van der Waals surface area contributed by atoms with Crippen LogP contribution in [0.3, 0.4) is 0 Å². The van der Waals surface area contributed by atoms with Gasteiger partial charge in [0.1, 0.15) is 0 Å². The summed E-state index contributed by atoms with van der Waals surface area (Å²) in [5.41, 5.74) is 0.335. The summed E-state index contributed by atoms with van der Waals surface area (Å²) < 4.78 is 4.72. The molecule has 0 saturated carbocycles. The lowest BCUT2D eigenvalue weighted by Crippen LogP contribution is -2.09. The van der Waals surface area contributed by atoms with Crippen molar-refractivity contribution >= 4 is 11.9 Å². The number of carboxylic acid groups (broad SMARTS) is 2. The van der Waals surface area contributed by atoms with Crippen molar-refractivity contribution in [2.45, 2.75) is 13.3 Å². The van der Waals surface area contributed by atoms with Crippen LogP contribution >= 0.6 is 0 Å². The average molecular weight is 238 g/mol. The predicted molar refractivity (Wildman–Crippen MR) is 60.5 cm³/mol. The van der Waals surface area contributed by atoms with Crippen molar-refractivity contribution < 1.29 is 24.5 Å². The van der Waals surface area contributed by atoms with Crippen molar-refractivity contribution in [3.63, 3.8) is 0 Å². The molecule has 1 saturated heterocycles. The summed E-state index contributed by atoms with van der Waals surface area (Å²) in [5, 5.41) is 17.4. The van der Waals surface area contributed by atoms with Gasteiger partial charge >= 0.3 is 11.9 Å². The van der Waals surface area contributed by atoms with E-state index in [9.17, 15) is 9.59 Å². The van der Waals surface area contributed by atoms with Gasteiger partial charge in [0.25, 0.3) is 0 Å². The lowest BCUT2D eigenvalue weighted by Gasteiger charge is -2.09. The fourth-order valence-corrected chi connectivity index (χ4v) is 1.24. The van der Waals surface area contributed by atoms with Gasteiger partial charge < -0.3 is 14.9 Å². The first-order chi connectivity index (χ1) is 8.04. The molecular weight excluding hydrogens is 224 g/mol. The molecule has 1 aliphatic rings. The minimum Gasteiger partial charge on any atom is -0.478 e. The number of hydrogen-bond acceptors (Lipinski definition) is 3. The molecule has 5 heteroatoms. The van der Waals surface area contributed by atoms with E-state index in [0.29, 0.717) is 0 Å². The van der Waals surface area contributed by atoms with Crippen LogP contribution in [0.5, 0.6) is 0 Å². The average Bonchev–Trinajstić information content (AvgIpc) is 2.14. The van der Waals surface area contributed by atoms with Gasteiger partial charge in [-0.15, -0.1) is 0 Å². The zero-order valence-electron chi connectivity index (χ0n) is 9.47. The highest BCUT2D eigenvalue weighted by atomic mass is 16.5. The number of benzene rings is 1. The van der Waals surface area contributed by atoms with Crippen LogP contribution in [0.1, 0.15) is 32.7 Å². The summed E-state index contributed by atoms with van der Waals surface area (Å²) in [4.78, 5) is 21.2. The molecule has 0 radical (unpaired) electrons. The zero-order chi connectivity index (χ0) is 12.8. The molecule has 1 aromatic rings. The third-order valence-electron chi connectivity index (χ3n) is 2.37. The van der Waals surface area contributed by atoms with Crippen molar-refractivity contribution in [2.75, 3.05) is 13.2 Å². The van der Waals surface area contributed by atoms with Crippen LogP contribution in [-0.4, -0.2) is 35.4 Å². The van der Waals surface area contributed by atoms with Crippen LogP contribution in [0.25, 0.3) is 0 Å². The zero-order valence-corrected chi connectivity index (χ0v) is 9.47. The van der Waals surface area contributed by atoms with Crippen LogP contribution < -0.4 is 0 Å². The van der Waals surface area contributed by atoms with Crippen LogP contribution in [0.15, 0.2) is 18.2 Å². The quantitative estimate of drug-likeness (QED) is 0.820. The van der Waals surface area contributed by atoms with Crippen LogP contribution in [-0.2, 0) is 4.74 Å².